The van der Waals surface area contributed by atoms with E-state index in [2.05, 4.69) is 28.9 Å². The van der Waals surface area contributed by atoms with Gasteiger partial charge in [-0.25, -0.2) is 0 Å². The molecule has 0 aromatic carbocycles. The largest absolute Gasteiger partial charge is 0.379 e. The lowest BCUT2D eigenvalue weighted by molar-refractivity contribution is 0.263. The molecule has 3 atom stereocenters. The summed E-state index contributed by atoms with van der Waals surface area (Å²) >= 11 is 0. The summed E-state index contributed by atoms with van der Waals surface area (Å²) in [6.45, 7) is 4.28. The van der Waals surface area contributed by atoms with Crippen molar-refractivity contribution in [3.8, 4) is 0 Å². The smallest absolute Gasteiger partial charge is 0.0728 e. The van der Waals surface area contributed by atoms with Crippen molar-refractivity contribution in [1.29, 1.82) is 0 Å². The zero-order valence-corrected chi connectivity index (χ0v) is 11.9. The third-order valence-corrected chi connectivity index (χ3v) is 4.74. The van der Waals surface area contributed by atoms with Crippen LogP contribution in [0.3, 0.4) is 0 Å². The molecule has 2 fully saturated rings. The summed E-state index contributed by atoms with van der Waals surface area (Å²) in [5.74, 6) is 0.793. The third-order valence-electron chi connectivity index (χ3n) is 4.74. The van der Waals surface area contributed by atoms with E-state index in [9.17, 15) is 0 Å². The first kappa shape index (κ1) is 13.0. The zero-order valence-electron chi connectivity index (χ0n) is 11.9. The summed E-state index contributed by atoms with van der Waals surface area (Å²) in [5, 5.41) is 11.8. The lowest BCUT2D eigenvalue weighted by Gasteiger charge is -2.36. The van der Waals surface area contributed by atoms with Crippen LogP contribution in [0.4, 0.5) is 5.69 Å². The molecule has 1 aromatic heterocycles. The third kappa shape index (κ3) is 2.94. The van der Waals surface area contributed by atoms with Gasteiger partial charge in [0.1, 0.15) is 0 Å². The van der Waals surface area contributed by atoms with E-state index in [1.807, 2.05) is 10.9 Å². The van der Waals surface area contributed by atoms with Gasteiger partial charge in [0, 0.05) is 24.8 Å². The molecule has 2 N–H and O–H groups in total. The lowest BCUT2D eigenvalue weighted by Crippen LogP contribution is -2.43. The molecule has 4 nitrogen and oxygen atoms in total. The Morgan fingerprint density at radius 1 is 1.32 bits per heavy atom. The maximum Gasteiger partial charge on any atom is 0.0728 e. The highest BCUT2D eigenvalue weighted by Gasteiger charge is 2.33. The average molecular weight is 262 g/mol. The molecule has 0 amide bonds. The standard InChI is InChI=1S/C15H26N4/c1-2-19-11-12(10-17-19)18-15-7-4-3-6-13(15)14-8-5-9-16-14/h10-11,13-16,18H,2-9H2,1H3. The quantitative estimate of drug-likeness (QED) is 0.876. The van der Waals surface area contributed by atoms with Crippen LogP contribution < -0.4 is 10.6 Å². The van der Waals surface area contributed by atoms with E-state index < -0.39 is 0 Å². The van der Waals surface area contributed by atoms with Crippen molar-refractivity contribution >= 4 is 5.69 Å². The molecule has 1 aliphatic carbocycles. The minimum Gasteiger partial charge on any atom is -0.379 e. The summed E-state index contributed by atoms with van der Waals surface area (Å²) in [5.41, 5.74) is 1.19. The second-order valence-electron chi connectivity index (χ2n) is 5.99. The number of nitrogens with one attached hydrogen (secondary N) is 2. The zero-order chi connectivity index (χ0) is 13.1. The minimum atomic E-state index is 0.624. The van der Waals surface area contributed by atoms with Gasteiger partial charge in [0.2, 0.25) is 0 Å². The van der Waals surface area contributed by atoms with Crippen LogP contribution in [0.5, 0.6) is 0 Å². The van der Waals surface area contributed by atoms with Crippen molar-refractivity contribution in [2.75, 3.05) is 11.9 Å². The highest BCUT2D eigenvalue weighted by atomic mass is 15.3. The number of nitrogens with zero attached hydrogens (tertiary/aromatic N) is 2. The predicted molar refractivity (Wildman–Crippen MR) is 78.3 cm³/mol. The lowest BCUT2D eigenvalue weighted by atomic mass is 9.79. The monoisotopic (exact) mass is 262 g/mol. The molecule has 0 radical (unpaired) electrons. The Bertz CT molecular complexity index is 395. The number of hydrogen-bond donors (Lipinski definition) is 2. The van der Waals surface area contributed by atoms with Gasteiger partial charge in [0.15, 0.2) is 0 Å². The molecular weight excluding hydrogens is 236 g/mol. The Labute approximate surface area is 116 Å². The number of rotatable bonds is 4. The van der Waals surface area contributed by atoms with Gasteiger partial charge in [0.05, 0.1) is 11.9 Å². The first-order valence-electron chi connectivity index (χ1n) is 7.89. The van der Waals surface area contributed by atoms with Crippen LogP contribution >= 0.6 is 0 Å². The summed E-state index contributed by atoms with van der Waals surface area (Å²) in [4.78, 5) is 0. The SMILES string of the molecule is CCn1cc(NC2CCCCC2C2CCCN2)cn1. The van der Waals surface area contributed by atoms with Crippen LogP contribution in [-0.4, -0.2) is 28.4 Å². The van der Waals surface area contributed by atoms with Gasteiger partial charge in [-0.2, -0.15) is 5.10 Å². The summed E-state index contributed by atoms with van der Waals surface area (Å²) in [6, 6.07) is 1.36. The van der Waals surface area contributed by atoms with E-state index in [-0.39, 0.29) is 0 Å². The molecular formula is C15H26N4. The highest BCUT2D eigenvalue weighted by Crippen LogP contribution is 2.32. The number of aromatic nitrogens is 2. The van der Waals surface area contributed by atoms with Crippen LogP contribution in [0, 0.1) is 5.92 Å². The molecule has 4 heteroatoms. The van der Waals surface area contributed by atoms with Crippen molar-refractivity contribution in [2.45, 2.75) is 64.1 Å². The molecule has 3 unspecified atom stereocenters. The molecule has 106 valence electrons. The number of anilines is 1. The fraction of sp³-hybridized carbons (Fsp3) is 0.800. The minimum absolute atomic E-state index is 0.624. The van der Waals surface area contributed by atoms with Crippen LogP contribution in [-0.2, 0) is 6.54 Å². The second-order valence-corrected chi connectivity index (χ2v) is 5.99. The first-order chi connectivity index (χ1) is 9.36. The van der Waals surface area contributed by atoms with E-state index >= 15 is 0 Å². The maximum atomic E-state index is 4.36. The Kier molecular flexibility index (Phi) is 4.06. The number of hydrogen-bond acceptors (Lipinski definition) is 3. The molecule has 3 rings (SSSR count). The number of aryl methyl sites for hydroxylation is 1. The maximum absolute atomic E-state index is 4.36. The van der Waals surface area contributed by atoms with Crippen molar-refractivity contribution in [2.24, 2.45) is 5.92 Å². The van der Waals surface area contributed by atoms with Gasteiger partial charge in [0.25, 0.3) is 0 Å². The summed E-state index contributed by atoms with van der Waals surface area (Å²) in [6.07, 6.45) is 12.2. The fourth-order valence-corrected chi connectivity index (χ4v) is 3.72. The normalized spacial score (nSPS) is 31.5. The van der Waals surface area contributed by atoms with Crippen LogP contribution in [0.2, 0.25) is 0 Å². The van der Waals surface area contributed by atoms with Crippen molar-refractivity contribution < 1.29 is 0 Å². The van der Waals surface area contributed by atoms with Crippen LogP contribution in [0.25, 0.3) is 0 Å². The van der Waals surface area contributed by atoms with E-state index in [0.717, 1.165) is 18.5 Å². The van der Waals surface area contributed by atoms with E-state index in [1.165, 1.54) is 50.8 Å². The van der Waals surface area contributed by atoms with Crippen molar-refractivity contribution in [1.82, 2.24) is 15.1 Å². The molecule has 0 bridgehead atoms. The van der Waals surface area contributed by atoms with Crippen LogP contribution in [0.15, 0.2) is 12.4 Å². The Balaban J connectivity index is 1.65. The molecule has 0 spiro atoms. The van der Waals surface area contributed by atoms with Gasteiger partial charge < -0.3 is 10.6 Å². The van der Waals surface area contributed by atoms with Crippen molar-refractivity contribution in [3.05, 3.63) is 12.4 Å². The fourth-order valence-electron chi connectivity index (χ4n) is 3.72. The van der Waals surface area contributed by atoms with E-state index in [4.69, 9.17) is 0 Å². The average Bonchev–Trinajstić information content (AvgIpc) is 3.10. The van der Waals surface area contributed by atoms with Crippen LogP contribution in [0.1, 0.15) is 45.4 Å². The Hall–Kier alpha value is -1.03. The van der Waals surface area contributed by atoms with Gasteiger partial charge in [-0.1, -0.05) is 12.8 Å². The van der Waals surface area contributed by atoms with Crippen molar-refractivity contribution in [3.63, 3.8) is 0 Å². The summed E-state index contributed by atoms with van der Waals surface area (Å²) in [7, 11) is 0. The predicted octanol–water partition coefficient (Wildman–Crippen LogP) is 2.63. The molecule has 1 saturated carbocycles. The Morgan fingerprint density at radius 2 is 2.21 bits per heavy atom. The molecule has 1 saturated heterocycles. The van der Waals surface area contributed by atoms with E-state index in [1.54, 1.807) is 0 Å². The van der Waals surface area contributed by atoms with Gasteiger partial charge >= 0.3 is 0 Å². The molecule has 2 aliphatic rings. The second kappa shape index (κ2) is 5.95. The van der Waals surface area contributed by atoms with Gasteiger partial charge in [-0.05, 0) is 45.1 Å². The van der Waals surface area contributed by atoms with E-state index in [0.29, 0.717) is 6.04 Å². The molecule has 19 heavy (non-hydrogen) atoms. The van der Waals surface area contributed by atoms with Gasteiger partial charge in [-0.3, -0.25) is 4.68 Å². The highest BCUT2D eigenvalue weighted by molar-refractivity contribution is 5.39. The topological polar surface area (TPSA) is 41.9 Å². The Morgan fingerprint density at radius 3 is 2.95 bits per heavy atom. The summed E-state index contributed by atoms with van der Waals surface area (Å²) < 4.78 is 1.99. The molecule has 1 aliphatic heterocycles. The molecule has 1 aromatic rings. The first-order valence-corrected chi connectivity index (χ1v) is 7.89. The van der Waals surface area contributed by atoms with Gasteiger partial charge in [-0.15, -0.1) is 0 Å². The molecule has 2 heterocycles.